The van der Waals surface area contributed by atoms with Gasteiger partial charge in [-0.15, -0.1) is 0 Å². The highest BCUT2D eigenvalue weighted by atomic mass is 16.7. The Morgan fingerprint density at radius 1 is 0.778 bits per heavy atom. The van der Waals surface area contributed by atoms with E-state index in [4.69, 9.17) is 23.7 Å². The van der Waals surface area contributed by atoms with Crippen molar-refractivity contribution < 1.29 is 64.5 Å². The molecule has 0 aromatic carbocycles. The Morgan fingerprint density at radius 3 is 1.89 bits per heavy atom. The minimum Gasteiger partial charge on any atom is -0.394 e. The van der Waals surface area contributed by atoms with Crippen molar-refractivity contribution in [1.29, 1.82) is 0 Å². The zero-order valence-electron chi connectivity index (χ0n) is 20.6. The fourth-order valence-electron chi connectivity index (χ4n) is 4.73. The molecule has 13 nitrogen and oxygen atoms in total. The van der Waals surface area contributed by atoms with Crippen LogP contribution in [0.1, 0.15) is 27.2 Å². The molecule has 8 N–H and O–H groups in total. The normalized spacial score (nSPS) is 46.9. The largest absolute Gasteiger partial charge is 0.394 e. The van der Waals surface area contributed by atoms with Gasteiger partial charge in [-0.3, -0.25) is 0 Å². The fraction of sp³-hybridized carbons (Fsp3) is 0.913. The Hall–Kier alpha value is -0.780. The van der Waals surface area contributed by atoms with E-state index in [2.05, 4.69) is 0 Å². The average molecular weight is 525 g/mol. The molecule has 2 fully saturated rings. The van der Waals surface area contributed by atoms with E-state index in [0.717, 1.165) is 0 Å². The predicted molar refractivity (Wildman–Crippen MR) is 120 cm³/mol. The van der Waals surface area contributed by atoms with Gasteiger partial charge in [-0.25, -0.2) is 0 Å². The molecule has 0 saturated carbocycles. The first-order valence-electron chi connectivity index (χ1n) is 12.3. The van der Waals surface area contributed by atoms with E-state index in [1.807, 2.05) is 13.8 Å². The molecule has 0 aliphatic carbocycles. The van der Waals surface area contributed by atoms with Crippen LogP contribution in [-0.2, 0) is 23.7 Å². The van der Waals surface area contributed by atoms with Crippen LogP contribution in [0.15, 0.2) is 11.6 Å². The van der Waals surface area contributed by atoms with E-state index < -0.39 is 92.9 Å². The summed E-state index contributed by atoms with van der Waals surface area (Å²) in [6, 6.07) is 0. The lowest BCUT2D eigenvalue weighted by atomic mass is 9.87. The topological polar surface area (TPSA) is 208 Å². The number of hydrogen-bond acceptors (Lipinski definition) is 13. The van der Waals surface area contributed by atoms with E-state index in [9.17, 15) is 40.9 Å². The maximum Gasteiger partial charge on any atom is 0.188 e. The summed E-state index contributed by atoms with van der Waals surface area (Å²) in [4.78, 5) is 0. The molecule has 13 heteroatoms. The molecule has 36 heavy (non-hydrogen) atoms. The van der Waals surface area contributed by atoms with Gasteiger partial charge in [-0.1, -0.05) is 20.3 Å². The van der Waals surface area contributed by atoms with Gasteiger partial charge in [-0.05, 0) is 24.5 Å². The van der Waals surface area contributed by atoms with Gasteiger partial charge in [0.05, 0.1) is 25.9 Å². The second kappa shape index (κ2) is 12.8. The number of hydrogen-bond donors (Lipinski definition) is 8. The molecule has 0 aromatic rings. The van der Waals surface area contributed by atoms with E-state index in [1.165, 1.54) is 6.08 Å². The zero-order valence-corrected chi connectivity index (χ0v) is 20.6. The molecule has 0 radical (unpaired) electrons. The fourth-order valence-corrected chi connectivity index (χ4v) is 4.73. The Kier molecular flexibility index (Phi) is 10.6. The quantitative estimate of drug-likeness (QED) is 0.140. The van der Waals surface area contributed by atoms with Crippen LogP contribution in [0.5, 0.6) is 0 Å². The molecular weight excluding hydrogens is 484 g/mol. The van der Waals surface area contributed by atoms with Gasteiger partial charge in [0, 0.05) is 0 Å². The van der Waals surface area contributed by atoms with Gasteiger partial charge in [-0.2, -0.15) is 0 Å². The predicted octanol–water partition coefficient (Wildman–Crippen LogP) is -3.25. The molecule has 2 saturated heterocycles. The maximum atomic E-state index is 10.8. The lowest BCUT2D eigenvalue weighted by Gasteiger charge is -2.48. The molecule has 3 heterocycles. The Labute approximate surface area is 209 Å². The Bertz CT molecular complexity index is 718. The van der Waals surface area contributed by atoms with Crippen molar-refractivity contribution in [1.82, 2.24) is 0 Å². The van der Waals surface area contributed by atoms with Crippen molar-refractivity contribution in [2.24, 2.45) is 5.92 Å². The summed E-state index contributed by atoms with van der Waals surface area (Å²) >= 11 is 0. The van der Waals surface area contributed by atoms with Gasteiger partial charge in [0.2, 0.25) is 0 Å². The highest BCUT2D eigenvalue weighted by Crippen LogP contribution is 2.33. The summed E-state index contributed by atoms with van der Waals surface area (Å²) in [5.41, 5.74) is 0.585. The molecule has 3 aliphatic rings. The molecule has 3 rings (SSSR count). The van der Waals surface area contributed by atoms with Crippen LogP contribution in [0, 0.1) is 5.92 Å². The van der Waals surface area contributed by atoms with Crippen molar-refractivity contribution >= 4 is 0 Å². The number of aliphatic hydroxyl groups excluding tert-OH is 8. The van der Waals surface area contributed by atoms with Crippen molar-refractivity contribution in [2.75, 3.05) is 19.8 Å². The van der Waals surface area contributed by atoms with E-state index >= 15 is 0 Å². The van der Waals surface area contributed by atoms with Gasteiger partial charge in [0.1, 0.15) is 61.0 Å². The molecule has 0 spiro atoms. The van der Waals surface area contributed by atoms with E-state index in [-0.39, 0.29) is 12.5 Å². The van der Waals surface area contributed by atoms with Crippen molar-refractivity contribution in [3.05, 3.63) is 11.6 Å². The van der Waals surface area contributed by atoms with Crippen molar-refractivity contribution in [3.63, 3.8) is 0 Å². The minimum absolute atomic E-state index is 0.124. The number of aliphatic hydroxyl groups is 8. The Balaban J connectivity index is 1.71. The maximum absolute atomic E-state index is 10.8. The molecule has 13 unspecified atom stereocenters. The standard InChI is InChI=1S/C23H40O13/c1-4-9(2)19-15(28)16(29)20(13(7-25)32-19)36-23-18(31)17(30)21(14(8-26)34-23)35-22-11(27)5-10(3)12(6-24)33-22/h5,9,11-31H,4,6-8H2,1-3H3/t9?,11-,12?,13?,14?,15?,16?,17?,18?,19?,20?,21?,22?,23?/m0/s1. The smallest absolute Gasteiger partial charge is 0.188 e. The van der Waals surface area contributed by atoms with Crippen LogP contribution in [0.4, 0.5) is 0 Å². The first kappa shape index (κ1) is 29.8. The van der Waals surface area contributed by atoms with Gasteiger partial charge in [0.25, 0.3) is 0 Å². The highest BCUT2D eigenvalue weighted by Gasteiger charge is 2.52. The summed E-state index contributed by atoms with van der Waals surface area (Å²) in [5.74, 6) is -0.124. The van der Waals surface area contributed by atoms with Gasteiger partial charge < -0.3 is 64.5 Å². The monoisotopic (exact) mass is 524 g/mol. The van der Waals surface area contributed by atoms with Crippen molar-refractivity contribution in [3.8, 4) is 0 Å². The molecule has 0 bridgehead atoms. The molecule has 210 valence electrons. The summed E-state index contributed by atoms with van der Waals surface area (Å²) in [5, 5.41) is 82.2. The van der Waals surface area contributed by atoms with Crippen LogP contribution >= 0.6 is 0 Å². The third-order valence-electron chi connectivity index (χ3n) is 7.19. The molecule has 0 amide bonds. The Morgan fingerprint density at radius 2 is 1.33 bits per heavy atom. The first-order chi connectivity index (χ1) is 17.1. The second-order valence-corrected chi connectivity index (χ2v) is 9.67. The van der Waals surface area contributed by atoms with Gasteiger partial charge >= 0.3 is 0 Å². The molecular formula is C23H40O13. The van der Waals surface area contributed by atoms with Crippen molar-refractivity contribution in [2.45, 2.75) is 107 Å². The van der Waals surface area contributed by atoms with Crippen LogP contribution in [-0.4, -0.2) is 140 Å². The van der Waals surface area contributed by atoms with Crippen LogP contribution in [0.3, 0.4) is 0 Å². The summed E-state index contributed by atoms with van der Waals surface area (Å²) in [6.07, 6.45) is -14.9. The minimum atomic E-state index is -1.75. The lowest BCUT2D eigenvalue weighted by Crippen LogP contribution is -2.65. The number of rotatable bonds is 9. The summed E-state index contributed by atoms with van der Waals surface area (Å²) in [7, 11) is 0. The molecule has 3 aliphatic heterocycles. The average Bonchev–Trinajstić information content (AvgIpc) is 2.87. The third-order valence-corrected chi connectivity index (χ3v) is 7.19. The third kappa shape index (κ3) is 6.10. The lowest BCUT2D eigenvalue weighted by molar-refractivity contribution is -0.361. The molecule has 14 atom stereocenters. The zero-order chi connectivity index (χ0) is 26.7. The first-order valence-corrected chi connectivity index (χ1v) is 12.3. The van der Waals surface area contributed by atoms with E-state index in [1.54, 1.807) is 6.92 Å². The highest BCUT2D eigenvalue weighted by molar-refractivity contribution is 5.12. The summed E-state index contributed by atoms with van der Waals surface area (Å²) < 4.78 is 28.3. The van der Waals surface area contributed by atoms with Crippen LogP contribution in [0.2, 0.25) is 0 Å². The van der Waals surface area contributed by atoms with Crippen LogP contribution < -0.4 is 0 Å². The number of ether oxygens (including phenoxy) is 5. The summed E-state index contributed by atoms with van der Waals surface area (Å²) in [6.45, 7) is 3.77. The molecule has 0 aromatic heterocycles. The van der Waals surface area contributed by atoms with Gasteiger partial charge in [0.15, 0.2) is 12.6 Å². The van der Waals surface area contributed by atoms with Crippen LogP contribution in [0.25, 0.3) is 0 Å². The SMILES string of the molecule is CCC(C)C1OC(CO)C(OC2OC(CO)C(OC3OC(CO)C(C)=C[C@@H]3O)C(O)C2O)C(O)C1O. The van der Waals surface area contributed by atoms with E-state index in [0.29, 0.717) is 12.0 Å². The second-order valence-electron chi connectivity index (χ2n) is 9.67.